The maximum Gasteiger partial charge on any atom is 0.200 e. The van der Waals surface area contributed by atoms with Gasteiger partial charge in [-0.25, -0.2) is 0 Å². The second-order valence-electron chi connectivity index (χ2n) is 7.21. The van der Waals surface area contributed by atoms with Crippen molar-refractivity contribution in [2.45, 2.75) is 46.2 Å². The third-order valence-corrected chi connectivity index (χ3v) is 5.82. The van der Waals surface area contributed by atoms with Crippen molar-refractivity contribution < 1.29 is 9.52 Å². The van der Waals surface area contributed by atoms with Gasteiger partial charge < -0.3 is 9.52 Å². The van der Waals surface area contributed by atoms with Crippen LogP contribution in [0.1, 0.15) is 39.2 Å². The van der Waals surface area contributed by atoms with Gasteiger partial charge in [-0.2, -0.15) is 0 Å². The van der Waals surface area contributed by atoms with Crippen LogP contribution in [0.2, 0.25) is 5.02 Å². The number of phenolic OH excluding ortho intramolecular Hbond substituents is 1. The van der Waals surface area contributed by atoms with Crippen LogP contribution < -0.4 is 5.43 Å². The predicted molar refractivity (Wildman–Crippen MR) is 115 cm³/mol. The van der Waals surface area contributed by atoms with E-state index in [1.165, 1.54) is 12.7 Å². The first kappa shape index (κ1) is 20.4. The molecule has 1 aliphatic rings. The summed E-state index contributed by atoms with van der Waals surface area (Å²) < 4.78 is 5.88. The van der Waals surface area contributed by atoms with Crippen LogP contribution in [0, 0.1) is 0 Å². The molecule has 0 bridgehead atoms. The highest BCUT2D eigenvalue weighted by Gasteiger charge is 2.22. The summed E-state index contributed by atoms with van der Waals surface area (Å²) in [4.78, 5) is 15.4. The average molecular weight is 400 g/mol. The fourth-order valence-electron chi connectivity index (χ4n) is 3.86. The summed E-state index contributed by atoms with van der Waals surface area (Å²) in [6, 6.07) is 10.9. The zero-order valence-electron chi connectivity index (χ0n) is 15.2. The van der Waals surface area contributed by atoms with Gasteiger partial charge in [0.1, 0.15) is 17.6 Å². The highest BCUT2D eigenvalue weighted by molar-refractivity contribution is 6.33. The van der Waals surface area contributed by atoms with Crippen molar-refractivity contribution in [2.75, 3.05) is 6.54 Å². The Morgan fingerprint density at radius 3 is 2.71 bits per heavy atom. The Balaban J connectivity index is 0.00000225. The Kier molecular flexibility index (Phi) is 6.11. The van der Waals surface area contributed by atoms with E-state index in [0.717, 1.165) is 19.4 Å². The van der Waals surface area contributed by atoms with Gasteiger partial charge in [0.2, 0.25) is 5.43 Å². The fraction of sp³-hybridized carbons (Fsp3) is 0.348. The molecule has 28 heavy (non-hydrogen) atoms. The molecule has 0 spiro atoms. The number of likely N-dealkylation sites (tertiary alicyclic amines) is 1. The number of halogens is 1. The van der Waals surface area contributed by atoms with E-state index in [4.69, 9.17) is 16.0 Å². The number of piperidine rings is 1. The molecule has 1 aliphatic heterocycles. The summed E-state index contributed by atoms with van der Waals surface area (Å²) in [7, 11) is 0. The molecule has 148 valence electrons. The molecular weight excluding hydrogens is 374 g/mol. The van der Waals surface area contributed by atoms with Crippen LogP contribution in [0.5, 0.6) is 5.75 Å². The van der Waals surface area contributed by atoms with Gasteiger partial charge >= 0.3 is 0 Å². The van der Waals surface area contributed by atoms with Crippen LogP contribution in [-0.4, -0.2) is 22.6 Å². The van der Waals surface area contributed by atoms with Crippen LogP contribution in [0.25, 0.3) is 22.1 Å². The SMILES string of the molecule is C.CC1CCCCN1Cc1c(O)ccc2c(=O)c(-c3ccccc3Cl)coc12. The van der Waals surface area contributed by atoms with E-state index in [0.29, 0.717) is 45.3 Å². The molecule has 0 aliphatic carbocycles. The largest absolute Gasteiger partial charge is 0.507 e. The molecule has 2 aromatic carbocycles. The van der Waals surface area contributed by atoms with Crippen LogP contribution in [-0.2, 0) is 6.54 Å². The number of nitrogens with zero attached hydrogens (tertiary/aromatic N) is 1. The molecule has 1 N–H and O–H groups in total. The molecule has 4 nitrogen and oxygen atoms in total. The number of benzene rings is 2. The average Bonchev–Trinajstić information content (AvgIpc) is 2.67. The van der Waals surface area contributed by atoms with E-state index in [2.05, 4.69) is 11.8 Å². The summed E-state index contributed by atoms with van der Waals surface area (Å²) >= 11 is 6.26. The molecule has 1 fully saturated rings. The van der Waals surface area contributed by atoms with E-state index in [1.807, 2.05) is 12.1 Å². The maximum atomic E-state index is 13.1. The number of aromatic hydroxyl groups is 1. The van der Waals surface area contributed by atoms with E-state index >= 15 is 0 Å². The molecule has 0 radical (unpaired) electrons. The maximum absolute atomic E-state index is 13.1. The molecule has 1 aromatic heterocycles. The minimum atomic E-state index is -0.141. The van der Waals surface area contributed by atoms with Gasteiger partial charge in [0.25, 0.3) is 0 Å². The minimum absolute atomic E-state index is 0. The number of fused-ring (bicyclic) bond motifs is 1. The van der Waals surface area contributed by atoms with Gasteiger partial charge in [0.05, 0.1) is 16.5 Å². The van der Waals surface area contributed by atoms with Crippen LogP contribution in [0.4, 0.5) is 0 Å². The zero-order chi connectivity index (χ0) is 19.0. The first-order valence-corrected chi connectivity index (χ1v) is 9.69. The summed E-state index contributed by atoms with van der Waals surface area (Å²) in [5, 5.41) is 11.4. The van der Waals surface area contributed by atoms with Crippen molar-refractivity contribution in [3.8, 4) is 16.9 Å². The Bertz CT molecular complexity index is 1040. The molecule has 2 heterocycles. The van der Waals surface area contributed by atoms with Gasteiger partial charge in [-0.15, -0.1) is 0 Å². The molecule has 5 heteroatoms. The van der Waals surface area contributed by atoms with Gasteiger partial charge in [-0.3, -0.25) is 9.69 Å². The van der Waals surface area contributed by atoms with Gasteiger partial charge in [0.15, 0.2) is 0 Å². The minimum Gasteiger partial charge on any atom is -0.507 e. The predicted octanol–water partition coefficient (Wildman–Crippen LogP) is 5.83. The lowest BCUT2D eigenvalue weighted by molar-refractivity contribution is 0.151. The first-order chi connectivity index (χ1) is 13.1. The summed E-state index contributed by atoms with van der Waals surface area (Å²) in [6.45, 7) is 3.75. The zero-order valence-corrected chi connectivity index (χ0v) is 16.0. The Hall–Kier alpha value is -2.30. The lowest BCUT2D eigenvalue weighted by Crippen LogP contribution is -2.36. The lowest BCUT2D eigenvalue weighted by atomic mass is 10.0. The van der Waals surface area contributed by atoms with Crippen LogP contribution in [0.3, 0.4) is 0 Å². The lowest BCUT2D eigenvalue weighted by Gasteiger charge is -2.33. The van der Waals surface area contributed by atoms with E-state index in [1.54, 1.807) is 24.3 Å². The highest BCUT2D eigenvalue weighted by Crippen LogP contribution is 2.32. The first-order valence-electron chi connectivity index (χ1n) is 9.31. The van der Waals surface area contributed by atoms with E-state index < -0.39 is 0 Å². The van der Waals surface area contributed by atoms with Crippen molar-refractivity contribution in [3.63, 3.8) is 0 Å². The normalized spacial score (nSPS) is 17.4. The van der Waals surface area contributed by atoms with Crippen molar-refractivity contribution in [1.82, 2.24) is 4.90 Å². The summed E-state index contributed by atoms with van der Waals surface area (Å²) in [5.74, 6) is 0.161. The Labute approximate surface area is 170 Å². The van der Waals surface area contributed by atoms with Crippen molar-refractivity contribution in [1.29, 1.82) is 0 Å². The highest BCUT2D eigenvalue weighted by atomic mass is 35.5. The van der Waals surface area contributed by atoms with Crippen LogP contribution >= 0.6 is 11.6 Å². The topological polar surface area (TPSA) is 53.7 Å². The summed E-state index contributed by atoms with van der Waals surface area (Å²) in [5.41, 5.74) is 2.06. The fourth-order valence-corrected chi connectivity index (χ4v) is 4.10. The standard InChI is InChI=1S/C22H22ClNO3.CH4/c1-14-6-4-5-11-24(14)12-17-20(25)10-9-16-21(26)18(13-27-22(16)17)15-7-2-3-8-19(15)23;/h2-3,7-10,13-14,25H,4-6,11-12H2,1H3;1H4. The van der Waals surface area contributed by atoms with Gasteiger partial charge in [0, 0.05) is 23.2 Å². The molecule has 1 saturated heterocycles. The quantitative estimate of drug-likeness (QED) is 0.602. The molecule has 1 atom stereocenters. The molecule has 4 rings (SSSR count). The third kappa shape index (κ3) is 3.67. The van der Waals surface area contributed by atoms with E-state index in [9.17, 15) is 9.90 Å². The molecule has 0 amide bonds. The number of hydrogen-bond acceptors (Lipinski definition) is 4. The molecular formula is C23H26ClNO3. The van der Waals surface area contributed by atoms with Crippen molar-refractivity contribution >= 4 is 22.6 Å². The van der Waals surface area contributed by atoms with Crippen LogP contribution in [0.15, 0.2) is 51.9 Å². The van der Waals surface area contributed by atoms with Crippen molar-refractivity contribution in [3.05, 3.63) is 63.5 Å². The molecule has 3 aromatic rings. The second-order valence-corrected chi connectivity index (χ2v) is 7.62. The molecule has 0 saturated carbocycles. The number of rotatable bonds is 3. The van der Waals surface area contributed by atoms with E-state index in [-0.39, 0.29) is 18.6 Å². The van der Waals surface area contributed by atoms with Gasteiger partial charge in [-0.05, 0) is 44.5 Å². The monoisotopic (exact) mass is 399 g/mol. The second kappa shape index (κ2) is 8.38. The third-order valence-electron chi connectivity index (χ3n) is 5.49. The summed E-state index contributed by atoms with van der Waals surface area (Å²) in [6.07, 6.45) is 4.98. The number of phenols is 1. The molecule has 1 unspecified atom stereocenters. The smallest absolute Gasteiger partial charge is 0.200 e. The van der Waals surface area contributed by atoms with Crippen molar-refractivity contribution in [2.24, 2.45) is 0 Å². The number of hydrogen-bond donors (Lipinski definition) is 1. The Morgan fingerprint density at radius 2 is 1.96 bits per heavy atom. The Morgan fingerprint density at radius 1 is 1.18 bits per heavy atom. The van der Waals surface area contributed by atoms with Gasteiger partial charge in [-0.1, -0.05) is 43.6 Å².